The second kappa shape index (κ2) is 7.52. The maximum atomic E-state index is 13.1. The lowest BCUT2D eigenvalue weighted by atomic mass is 10.1. The zero-order valence-electron chi connectivity index (χ0n) is 16.8. The maximum absolute atomic E-state index is 13.1. The fraction of sp³-hybridized carbons (Fsp3) is 0.300. The summed E-state index contributed by atoms with van der Waals surface area (Å²) in [5, 5.41) is 6.86. The van der Waals surface area contributed by atoms with Crippen LogP contribution in [0.2, 0.25) is 0 Å². The number of amidine groups is 1. The van der Waals surface area contributed by atoms with Crippen molar-refractivity contribution < 1.29 is 17.7 Å². The number of carbonyl (C=O) groups is 1. The fourth-order valence-electron chi connectivity index (χ4n) is 3.16. The normalized spacial score (nSPS) is 17.4. The first kappa shape index (κ1) is 20.0. The lowest BCUT2D eigenvalue weighted by Gasteiger charge is -2.28. The number of carbonyl (C=O) groups excluding carboxylic acids is 1. The van der Waals surface area contributed by atoms with Gasteiger partial charge in [-0.1, -0.05) is 31.1 Å². The fourth-order valence-corrected chi connectivity index (χ4v) is 4.15. The Morgan fingerprint density at radius 3 is 2.83 bits per heavy atom. The molecular weight excluding hydrogens is 406 g/mol. The number of sulfonamides is 1. The van der Waals surface area contributed by atoms with E-state index in [0.717, 1.165) is 5.56 Å². The molecule has 0 radical (unpaired) electrons. The molecule has 2 aliphatic rings. The second-order valence-corrected chi connectivity index (χ2v) is 9.13. The predicted octanol–water partition coefficient (Wildman–Crippen LogP) is 2.60. The molecule has 0 saturated heterocycles. The van der Waals surface area contributed by atoms with Crippen molar-refractivity contribution in [2.24, 2.45) is 4.40 Å². The van der Waals surface area contributed by atoms with Gasteiger partial charge in [0.1, 0.15) is 0 Å². The van der Waals surface area contributed by atoms with Crippen LogP contribution in [-0.4, -0.2) is 47.5 Å². The molecule has 3 heterocycles. The van der Waals surface area contributed by atoms with Crippen molar-refractivity contribution in [2.75, 3.05) is 17.6 Å². The number of hydrogen-bond donors (Lipinski definition) is 1. The Morgan fingerprint density at radius 2 is 2.10 bits per heavy atom. The Labute approximate surface area is 174 Å². The van der Waals surface area contributed by atoms with Gasteiger partial charge in [-0.15, -0.1) is 4.40 Å². The molecule has 0 unspecified atom stereocenters. The highest BCUT2D eigenvalue weighted by Gasteiger charge is 2.30. The van der Waals surface area contributed by atoms with Crippen LogP contribution in [0.3, 0.4) is 0 Å². The summed E-state index contributed by atoms with van der Waals surface area (Å²) in [6, 6.07) is 5.47. The Balaban J connectivity index is 1.69. The third-order valence-corrected chi connectivity index (χ3v) is 5.95. The largest absolute Gasteiger partial charge is 0.334 e. The Morgan fingerprint density at radius 1 is 1.30 bits per heavy atom. The first-order valence-electron chi connectivity index (χ1n) is 9.48. The molecule has 0 fully saturated rings. The standard InChI is InChI=1S/C20H21N5O4S/c1-12(2)17-22-20(29-23-17)14-7-4-6-13(3)16(14)21-19(26)15-8-5-9-25-10-11-30(27,28)24-18(15)25/h4-9,12H,10-11H2,1-3H3,(H,21,26). The van der Waals surface area contributed by atoms with Crippen molar-refractivity contribution in [3.8, 4) is 11.5 Å². The quantitative estimate of drug-likeness (QED) is 0.797. The van der Waals surface area contributed by atoms with Gasteiger partial charge < -0.3 is 14.7 Å². The number of allylic oxidation sites excluding steroid dienone is 2. The molecule has 0 spiro atoms. The van der Waals surface area contributed by atoms with Crippen molar-refractivity contribution in [2.45, 2.75) is 26.7 Å². The van der Waals surface area contributed by atoms with Gasteiger partial charge in [-0.25, -0.2) is 8.42 Å². The summed E-state index contributed by atoms with van der Waals surface area (Å²) in [4.78, 5) is 19.2. The Bertz CT molecular complexity index is 1210. The molecular formula is C20H21N5O4S. The van der Waals surface area contributed by atoms with E-state index < -0.39 is 15.9 Å². The molecule has 0 atom stereocenters. The molecule has 0 aliphatic carbocycles. The van der Waals surface area contributed by atoms with Crippen molar-refractivity contribution in [3.63, 3.8) is 0 Å². The van der Waals surface area contributed by atoms with Crippen molar-refractivity contribution in [1.82, 2.24) is 15.0 Å². The maximum Gasteiger partial charge on any atom is 0.260 e. The molecule has 1 aromatic heterocycles. The number of aryl methyl sites for hydroxylation is 1. The topological polar surface area (TPSA) is 118 Å². The van der Waals surface area contributed by atoms with E-state index in [4.69, 9.17) is 4.52 Å². The third-order valence-electron chi connectivity index (χ3n) is 4.80. The number of nitrogens with one attached hydrogen (secondary N) is 1. The summed E-state index contributed by atoms with van der Waals surface area (Å²) in [7, 11) is -3.60. The summed E-state index contributed by atoms with van der Waals surface area (Å²) in [6.45, 7) is 6.02. The second-order valence-electron chi connectivity index (χ2n) is 7.38. The molecule has 156 valence electrons. The number of anilines is 1. The number of hydrogen-bond acceptors (Lipinski definition) is 7. The lowest BCUT2D eigenvalue weighted by Crippen LogP contribution is -2.41. The van der Waals surface area contributed by atoms with E-state index in [1.54, 1.807) is 29.3 Å². The molecule has 4 rings (SSSR count). The Kier molecular flexibility index (Phi) is 5.02. The molecule has 0 bridgehead atoms. The summed E-state index contributed by atoms with van der Waals surface area (Å²) in [5.41, 5.74) is 2.07. The van der Waals surface area contributed by atoms with Crippen LogP contribution < -0.4 is 5.32 Å². The van der Waals surface area contributed by atoms with Crippen molar-refractivity contribution >= 4 is 27.5 Å². The number of benzene rings is 1. The zero-order valence-corrected chi connectivity index (χ0v) is 17.6. The molecule has 1 aromatic carbocycles. The van der Waals surface area contributed by atoms with E-state index in [0.29, 0.717) is 23.0 Å². The average molecular weight is 427 g/mol. The minimum absolute atomic E-state index is 0.0902. The van der Waals surface area contributed by atoms with E-state index in [1.807, 2.05) is 32.9 Å². The average Bonchev–Trinajstić information content (AvgIpc) is 3.18. The van der Waals surface area contributed by atoms with E-state index in [1.165, 1.54) is 0 Å². The van der Waals surface area contributed by atoms with Gasteiger partial charge >= 0.3 is 0 Å². The summed E-state index contributed by atoms with van der Waals surface area (Å²) in [5.74, 6) is 0.528. The lowest BCUT2D eigenvalue weighted by molar-refractivity contribution is -0.112. The highest BCUT2D eigenvalue weighted by atomic mass is 32.2. The highest BCUT2D eigenvalue weighted by molar-refractivity contribution is 7.90. The summed E-state index contributed by atoms with van der Waals surface area (Å²) >= 11 is 0. The minimum Gasteiger partial charge on any atom is -0.334 e. The number of aromatic nitrogens is 2. The molecule has 9 nitrogen and oxygen atoms in total. The first-order chi connectivity index (χ1) is 14.2. The van der Waals surface area contributed by atoms with Gasteiger partial charge in [-0.2, -0.15) is 4.98 Å². The van der Waals surface area contributed by atoms with E-state index in [-0.39, 0.29) is 29.6 Å². The van der Waals surface area contributed by atoms with Crippen molar-refractivity contribution in [1.29, 1.82) is 0 Å². The van der Waals surface area contributed by atoms with Gasteiger partial charge in [0.25, 0.3) is 21.8 Å². The van der Waals surface area contributed by atoms with Crippen LogP contribution in [0.25, 0.3) is 11.5 Å². The summed E-state index contributed by atoms with van der Waals surface area (Å²) < 4.78 is 33.1. The number of para-hydroxylation sites is 1. The third kappa shape index (κ3) is 3.78. The van der Waals surface area contributed by atoms with E-state index in [2.05, 4.69) is 19.9 Å². The van der Waals surface area contributed by atoms with Gasteiger partial charge in [0, 0.05) is 18.7 Å². The van der Waals surface area contributed by atoms with Crippen LogP contribution in [-0.2, 0) is 14.8 Å². The summed E-state index contributed by atoms with van der Waals surface area (Å²) in [6.07, 6.45) is 4.94. The molecule has 1 amide bonds. The van der Waals surface area contributed by atoms with Gasteiger partial charge in [0.05, 0.1) is 22.6 Å². The van der Waals surface area contributed by atoms with Crippen LogP contribution in [0.1, 0.15) is 31.2 Å². The van der Waals surface area contributed by atoms with Gasteiger partial charge in [-0.3, -0.25) is 4.79 Å². The van der Waals surface area contributed by atoms with Gasteiger partial charge in [0.15, 0.2) is 11.7 Å². The molecule has 2 aliphatic heterocycles. The molecule has 1 N–H and O–H groups in total. The predicted molar refractivity (Wildman–Crippen MR) is 112 cm³/mol. The zero-order chi connectivity index (χ0) is 21.5. The minimum atomic E-state index is -3.60. The van der Waals surface area contributed by atoms with Crippen LogP contribution in [0.4, 0.5) is 5.69 Å². The highest BCUT2D eigenvalue weighted by Crippen LogP contribution is 2.31. The van der Waals surface area contributed by atoms with E-state index >= 15 is 0 Å². The van der Waals surface area contributed by atoms with Gasteiger partial charge in [-0.05, 0) is 30.7 Å². The SMILES string of the molecule is Cc1cccc(-c2nc(C(C)C)no2)c1NC(=O)C1=CC=CN2CCS(=O)(=O)N=C12. The number of amides is 1. The molecule has 2 aromatic rings. The number of rotatable bonds is 4. The molecule has 30 heavy (non-hydrogen) atoms. The number of fused-ring (bicyclic) bond motifs is 1. The molecule has 10 heteroatoms. The van der Waals surface area contributed by atoms with Crippen LogP contribution in [0.5, 0.6) is 0 Å². The first-order valence-corrected chi connectivity index (χ1v) is 11.1. The van der Waals surface area contributed by atoms with Crippen molar-refractivity contribution in [3.05, 3.63) is 53.5 Å². The van der Waals surface area contributed by atoms with Crippen LogP contribution in [0.15, 0.2) is 51.0 Å². The molecule has 0 saturated carbocycles. The van der Waals surface area contributed by atoms with Gasteiger partial charge in [0.2, 0.25) is 0 Å². The number of nitrogens with zero attached hydrogens (tertiary/aromatic N) is 4. The monoisotopic (exact) mass is 427 g/mol. The Hall–Kier alpha value is -3.27. The van der Waals surface area contributed by atoms with Crippen LogP contribution >= 0.6 is 0 Å². The van der Waals surface area contributed by atoms with Crippen LogP contribution in [0, 0.1) is 6.92 Å². The van der Waals surface area contributed by atoms with E-state index in [9.17, 15) is 13.2 Å². The smallest absolute Gasteiger partial charge is 0.260 e.